The summed E-state index contributed by atoms with van der Waals surface area (Å²) in [6.45, 7) is 2.30. The van der Waals surface area contributed by atoms with Crippen LogP contribution in [0.4, 0.5) is 5.69 Å². The Bertz CT molecular complexity index is 767. The summed E-state index contributed by atoms with van der Waals surface area (Å²) in [5, 5.41) is 6.27. The zero-order chi connectivity index (χ0) is 17.2. The Morgan fingerprint density at radius 3 is 2.33 bits per heavy atom. The van der Waals surface area contributed by atoms with Gasteiger partial charge in [0.25, 0.3) is 0 Å². The van der Waals surface area contributed by atoms with E-state index in [2.05, 4.69) is 10.6 Å². The third-order valence-corrected chi connectivity index (χ3v) is 4.69. The number of halogens is 1. The van der Waals surface area contributed by atoms with E-state index in [1.807, 2.05) is 49.4 Å². The molecule has 0 radical (unpaired) electrons. The summed E-state index contributed by atoms with van der Waals surface area (Å²) in [6, 6.07) is 14.9. The van der Waals surface area contributed by atoms with Crippen molar-refractivity contribution in [2.24, 2.45) is 5.41 Å². The summed E-state index contributed by atoms with van der Waals surface area (Å²) in [5.74, 6) is -0.491. The van der Waals surface area contributed by atoms with Crippen LogP contribution in [0.5, 0.6) is 0 Å². The molecule has 2 aromatic rings. The van der Waals surface area contributed by atoms with Crippen LogP contribution in [0.25, 0.3) is 0 Å². The van der Waals surface area contributed by atoms with Crippen molar-refractivity contribution in [2.45, 2.75) is 26.3 Å². The zero-order valence-electron chi connectivity index (χ0n) is 13.4. The van der Waals surface area contributed by atoms with E-state index < -0.39 is 5.41 Å². The highest BCUT2D eigenvalue weighted by Gasteiger charge is 2.56. The summed E-state index contributed by atoms with van der Waals surface area (Å²) < 4.78 is 0. The molecule has 0 aromatic heterocycles. The Balaban J connectivity index is 1.62. The van der Waals surface area contributed by atoms with Gasteiger partial charge < -0.3 is 10.6 Å². The predicted molar refractivity (Wildman–Crippen MR) is 94.8 cm³/mol. The first-order chi connectivity index (χ1) is 11.5. The molecule has 0 heterocycles. The highest BCUT2D eigenvalue weighted by Crippen LogP contribution is 2.47. The van der Waals surface area contributed by atoms with Gasteiger partial charge in [-0.3, -0.25) is 9.59 Å². The molecule has 2 aromatic carbocycles. The lowest BCUT2D eigenvalue weighted by Crippen LogP contribution is -2.39. The number of amides is 2. The summed E-state index contributed by atoms with van der Waals surface area (Å²) in [6.07, 6.45) is 1.14. The maximum absolute atomic E-state index is 12.5. The van der Waals surface area contributed by atoms with Gasteiger partial charge in [0.1, 0.15) is 5.41 Å². The molecule has 3 rings (SSSR count). The number of rotatable bonds is 5. The maximum atomic E-state index is 12.5. The van der Waals surface area contributed by atoms with Crippen LogP contribution in [-0.2, 0) is 16.1 Å². The zero-order valence-corrected chi connectivity index (χ0v) is 14.2. The van der Waals surface area contributed by atoms with Gasteiger partial charge in [0.05, 0.1) is 0 Å². The van der Waals surface area contributed by atoms with Crippen LogP contribution in [0.1, 0.15) is 24.0 Å². The van der Waals surface area contributed by atoms with Crippen LogP contribution < -0.4 is 10.6 Å². The predicted octanol–water partition coefficient (Wildman–Crippen LogP) is 3.68. The van der Waals surface area contributed by atoms with Crippen LogP contribution in [0.3, 0.4) is 0 Å². The van der Waals surface area contributed by atoms with E-state index in [9.17, 15) is 9.59 Å². The highest BCUT2D eigenvalue weighted by molar-refractivity contribution is 6.31. The Morgan fingerprint density at radius 2 is 1.71 bits per heavy atom. The van der Waals surface area contributed by atoms with Crippen molar-refractivity contribution >= 4 is 29.1 Å². The Labute approximate surface area is 146 Å². The maximum Gasteiger partial charge on any atom is 0.240 e. The van der Waals surface area contributed by atoms with Crippen molar-refractivity contribution in [1.82, 2.24) is 5.32 Å². The fraction of sp³-hybridized carbons (Fsp3) is 0.263. The van der Waals surface area contributed by atoms with Gasteiger partial charge >= 0.3 is 0 Å². The molecule has 24 heavy (non-hydrogen) atoms. The second-order valence-electron chi connectivity index (χ2n) is 6.18. The van der Waals surface area contributed by atoms with Gasteiger partial charge in [-0.25, -0.2) is 0 Å². The SMILES string of the molecule is Cc1ccc(NC(=O)C2(C(=O)NCc3ccccc3Cl)CC2)cc1. The molecule has 1 fully saturated rings. The average molecular weight is 343 g/mol. The molecule has 0 unspecified atom stereocenters. The molecule has 1 aliphatic rings. The summed E-state index contributed by atoms with van der Waals surface area (Å²) >= 11 is 6.09. The lowest BCUT2D eigenvalue weighted by atomic mass is 10.0. The topological polar surface area (TPSA) is 58.2 Å². The van der Waals surface area contributed by atoms with E-state index >= 15 is 0 Å². The Kier molecular flexibility index (Phi) is 4.58. The molecule has 2 N–H and O–H groups in total. The number of hydrogen-bond acceptors (Lipinski definition) is 2. The quantitative estimate of drug-likeness (QED) is 0.814. The summed E-state index contributed by atoms with van der Waals surface area (Å²) in [5.41, 5.74) is 1.70. The first-order valence-electron chi connectivity index (χ1n) is 7.91. The van der Waals surface area contributed by atoms with Gasteiger partial charge in [-0.15, -0.1) is 0 Å². The first kappa shape index (κ1) is 16.5. The molecule has 124 valence electrons. The van der Waals surface area contributed by atoms with Crippen molar-refractivity contribution in [1.29, 1.82) is 0 Å². The lowest BCUT2D eigenvalue weighted by Gasteiger charge is -2.16. The molecule has 5 heteroatoms. The van der Waals surface area contributed by atoms with Crippen molar-refractivity contribution in [3.63, 3.8) is 0 Å². The van der Waals surface area contributed by atoms with Crippen LogP contribution >= 0.6 is 11.6 Å². The van der Waals surface area contributed by atoms with Crippen molar-refractivity contribution in [2.75, 3.05) is 5.32 Å². The molecular weight excluding hydrogens is 324 g/mol. The van der Waals surface area contributed by atoms with Crippen molar-refractivity contribution in [3.8, 4) is 0 Å². The summed E-state index contributed by atoms with van der Waals surface area (Å²) in [4.78, 5) is 25.0. The van der Waals surface area contributed by atoms with Crippen LogP contribution in [-0.4, -0.2) is 11.8 Å². The molecular formula is C19H19ClN2O2. The van der Waals surface area contributed by atoms with Crippen LogP contribution in [0, 0.1) is 12.3 Å². The third-order valence-electron chi connectivity index (χ3n) is 4.33. The molecule has 1 aliphatic carbocycles. The number of aryl methyl sites for hydroxylation is 1. The van der Waals surface area contributed by atoms with E-state index in [0.29, 0.717) is 30.1 Å². The molecule has 0 bridgehead atoms. The fourth-order valence-corrected chi connectivity index (χ4v) is 2.76. The minimum Gasteiger partial charge on any atom is -0.351 e. The van der Waals surface area contributed by atoms with E-state index in [-0.39, 0.29) is 11.8 Å². The number of carbonyl (C=O) groups excluding carboxylic acids is 2. The lowest BCUT2D eigenvalue weighted by molar-refractivity contribution is -0.134. The molecule has 0 aliphatic heterocycles. The Hall–Kier alpha value is -2.33. The van der Waals surface area contributed by atoms with E-state index in [0.717, 1.165) is 11.1 Å². The van der Waals surface area contributed by atoms with Gasteiger partial charge in [0, 0.05) is 17.3 Å². The van der Waals surface area contributed by atoms with Crippen LogP contribution in [0.2, 0.25) is 5.02 Å². The number of anilines is 1. The van der Waals surface area contributed by atoms with Gasteiger partial charge in [-0.2, -0.15) is 0 Å². The van der Waals surface area contributed by atoms with Crippen molar-refractivity contribution < 1.29 is 9.59 Å². The number of benzene rings is 2. The number of hydrogen-bond donors (Lipinski definition) is 2. The highest BCUT2D eigenvalue weighted by atomic mass is 35.5. The van der Waals surface area contributed by atoms with Gasteiger partial charge in [-0.05, 0) is 43.5 Å². The fourth-order valence-electron chi connectivity index (χ4n) is 2.56. The second kappa shape index (κ2) is 6.65. The normalized spacial score (nSPS) is 14.8. The number of nitrogens with one attached hydrogen (secondary N) is 2. The molecule has 2 amide bonds. The Morgan fingerprint density at radius 1 is 1.04 bits per heavy atom. The van der Waals surface area contributed by atoms with Gasteiger partial charge in [-0.1, -0.05) is 47.5 Å². The van der Waals surface area contributed by atoms with E-state index in [4.69, 9.17) is 11.6 Å². The van der Waals surface area contributed by atoms with Gasteiger partial charge in [0.2, 0.25) is 11.8 Å². The minimum atomic E-state index is -0.952. The van der Waals surface area contributed by atoms with Crippen LogP contribution in [0.15, 0.2) is 48.5 Å². The molecule has 4 nitrogen and oxygen atoms in total. The average Bonchev–Trinajstić information content (AvgIpc) is 3.38. The molecule has 0 spiro atoms. The van der Waals surface area contributed by atoms with Gasteiger partial charge in [0.15, 0.2) is 0 Å². The first-order valence-corrected chi connectivity index (χ1v) is 8.29. The molecule has 0 atom stereocenters. The monoisotopic (exact) mass is 342 g/mol. The third kappa shape index (κ3) is 3.44. The number of carbonyl (C=O) groups is 2. The summed E-state index contributed by atoms with van der Waals surface area (Å²) in [7, 11) is 0. The second-order valence-corrected chi connectivity index (χ2v) is 6.58. The smallest absolute Gasteiger partial charge is 0.240 e. The standard InChI is InChI=1S/C19H19ClN2O2/c1-13-6-8-15(9-7-13)22-18(24)19(10-11-19)17(23)21-12-14-4-2-3-5-16(14)20/h2-9H,10-12H2,1H3,(H,21,23)(H,22,24). The molecule has 1 saturated carbocycles. The minimum absolute atomic E-state index is 0.243. The van der Waals surface area contributed by atoms with Crippen molar-refractivity contribution in [3.05, 3.63) is 64.7 Å². The molecule has 0 saturated heterocycles. The largest absolute Gasteiger partial charge is 0.351 e. The van der Waals surface area contributed by atoms with E-state index in [1.165, 1.54) is 0 Å². The van der Waals surface area contributed by atoms with E-state index in [1.54, 1.807) is 6.07 Å².